The Morgan fingerprint density at radius 3 is 2.21 bits per heavy atom. The van der Waals surface area contributed by atoms with E-state index in [9.17, 15) is 19.2 Å². The largest absolute Gasteiger partial charge is 0.466 e. The van der Waals surface area contributed by atoms with Gasteiger partial charge in [0.25, 0.3) is 5.91 Å². The van der Waals surface area contributed by atoms with E-state index < -0.39 is 29.5 Å². The van der Waals surface area contributed by atoms with Crippen molar-refractivity contribution in [2.45, 2.75) is 58.5 Å². The smallest absolute Gasteiger partial charge is 0.407 e. The van der Waals surface area contributed by atoms with Gasteiger partial charge in [0.05, 0.1) is 19.2 Å². The zero-order valence-electron chi connectivity index (χ0n) is 19.8. The Bertz CT molecular complexity index is 801. The molecule has 0 aliphatic carbocycles. The van der Waals surface area contributed by atoms with Crippen LogP contribution in [0.3, 0.4) is 0 Å². The first-order valence-electron chi connectivity index (χ1n) is 10.9. The Morgan fingerprint density at radius 1 is 0.939 bits per heavy atom. The number of hydroxylamine groups is 2. The fourth-order valence-corrected chi connectivity index (χ4v) is 2.63. The highest BCUT2D eigenvalue weighted by atomic mass is 16.7. The van der Waals surface area contributed by atoms with Crippen LogP contribution in [0, 0.1) is 0 Å². The van der Waals surface area contributed by atoms with E-state index in [2.05, 4.69) is 10.1 Å². The zero-order valence-corrected chi connectivity index (χ0v) is 19.8. The minimum atomic E-state index is -0.683. The maximum absolute atomic E-state index is 12.4. The number of esters is 1. The molecule has 9 nitrogen and oxygen atoms in total. The van der Waals surface area contributed by atoms with Crippen molar-refractivity contribution in [1.29, 1.82) is 0 Å². The second-order valence-corrected chi connectivity index (χ2v) is 8.24. The molecule has 1 aromatic carbocycles. The number of carbonyl (C=O) groups excluding carboxylic acids is 4. The molecule has 1 aromatic rings. The predicted octanol–water partition coefficient (Wildman–Crippen LogP) is 3.79. The summed E-state index contributed by atoms with van der Waals surface area (Å²) < 4.78 is 9.65. The molecule has 0 fully saturated rings. The molecule has 1 rings (SSSR count). The molecule has 0 saturated carbocycles. The quantitative estimate of drug-likeness (QED) is 0.230. The third kappa shape index (κ3) is 12.9. The van der Waals surface area contributed by atoms with E-state index in [1.165, 1.54) is 7.11 Å². The van der Waals surface area contributed by atoms with Crippen LogP contribution >= 0.6 is 0 Å². The van der Waals surface area contributed by atoms with Gasteiger partial charge < -0.3 is 19.6 Å². The minimum Gasteiger partial charge on any atom is -0.466 e. The molecule has 0 saturated heterocycles. The van der Waals surface area contributed by atoms with Crippen LogP contribution in [0.15, 0.2) is 42.5 Å². The molecule has 0 aliphatic rings. The highest BCUT2D eigenvalue weighted by Gasteiger charge is 2.18. The zero-order chi connectivity index (χ0) is 24.7. The molecule has 0 unspecified atom stereocenters. The summed E-state index contributed by atoms with van der Waals surface area (Å²) in [6.07, 6.45) is 5.50. The topological polar surface area (TPSA) is 111 Å². The van der Waals surface area contributed by atoms with E-state index in [1.807, 2.05) is 20.8 Å². The SMILES string of the molecule is COC(=O)/C=C/C(=O)N(CCCCCCCNC(=O)OC(C)(C)C)OC(=O)c1ccccc1. The van der Waals surface area contributed by atoms with E-state index >= 15 is 0 Å². The van der Waals surface area contributed by atoms with Crippen LogP contribution in [0.25, 0.3) is 0 Å². The van der Waals surface area contributed by atoms with Crippen molar-refractivity contribution in [3.8, 4) is 0 Å². The number of rotatable bonds is 11. The monoisotopic (exact) mass is 462 g/mol. The van der Waals surface area contributed by atoms with Crippen LogP contribution in [-0.2, 0) is 23.9 Å². The maximum Gasteiger partial charge on any atom is 0.407 e. The van der Waals surface area contributed by atoms with Crippen LogP contribution in [0.5, 0.6) is 0 Å². The summed E-state index contributed by atoms with van der Waals surface area (Å²) in [7, 11) is 1.20. The number of hydrogen-bond donors (Lipinski definition) is 1. The number of hydrogen-bond acceptors (Lipinski definition) is 7. The van der Waals surface area contributed by atoms with E-state index in [4.69, 9.17) is 9.57 Å². The highest BCUT2D eigenvalue weighted by molar-refractivity contribution is 5.95. The fourth-order valence-electron chi connectivity index (χ4n) is 2.63. The van der Waals surface area contributed by atoms with Crippen molar-refractivity contribution in [3.05, 3.63) is 48.0 Å². The first kappa shape index (κ1) is 27.7. The summed E-state index contributed by atoms with van der Waals surface area (Å²) in [5, 5.41) is 3.65. The molecule has 0 atom stereocenters. The van der Waals surface area contributed by atoms with Gasteiger partial charge >= 0.3 is 18.0 Å². The van der Waals surface area contributed by atoms with Crippen molar-refractivity contribution < 1.29 is 33.5 Å². The molecule has 182 valence electrons. The fraction of sp³-hybridized carbons (Fsp3) is 0.500. The Hall–Kier alpha value is -3.36. The first-order chi connectivity index (χ1) is 15.6. The van der Waals surface area contributed by atoms with Crippen LogP contribution in [-0.4, -0.2) is 54.8 Å². The number of methoxy groups -OCH3 is 1. The number of alkyl carbamates (subject to hydrolysis) is 1. The lowest BCUT2D eigenvalue weighted by Crippen LogP contribution is -2.33. The molecule has 33 heavy (non-hydrogen) atoms. The molecule has 0 aliphatic heterocycles. The molecule has 0 heterocycles. The van der Waals surface area contributed by atoms with Crippen LogP contribution in [0.4, 0.5) is 4.79 Å². The number of unbranched alkanes of at least 4 members (excludes halogenated alkanes) is 4. The molecule has 0 bridgehead atoms. The summed E-state index contributed by atoms with van der Waals surface area (Å²) >= 11 is 0. The van der Waals surface area contributed by atoms with Gasteiger partial charge in [-0.15, -0.1) is 0 Å². The second kappa shape index (κ2) is 14.7. The van der Waals surface area contributed by atoms with Gasteiger partial charge in [-0.2, -0.15) is 5.06 Å². The molecular formula is C24H34N2O7. The summed E-state index contributed by atoms with van der Waals surface area (Å²) in [5.74, 6) is -1.98. The van der Waals surface area contributed by atoms with E-state index in [-0.39, 0.29) is 6.54 Å². The average molecular weight is 463 g/mol. The van der Waals surface area contributed by atoms with Gasteiger partial charge in [0, 0.05) is 18.7 Å². The average Bonchev–Trinajstić information content (AvgIpc) is 2.77. The highest BCUT2D eigenvalue weighted by Crippen LogP contribution is 2.09. The van der Waals surface area contributed by atoms with E-state index in [0.717, 1.165) is 42.9 Å². The lowest BCUT2D eigenvalue weighted by molar-refractivity contribution is -0.162. The summed E-state index contributed by atoms with van der Waals surface area (Å²) in [5.41, 5.74) is -0.214. The third-order valence-electron chi connectivity index (χ3n) is 4.22. The number of nitrogens with one attached hydrogen (secondary N) is 1. The van der Waals surface area contributed by atoms with Crippen LogP contribution in [0.1, 0.15) is 63.2 Å². The van der Waals surface area contributed by atoms with Crippen LogP contribution < -0.4 is 5.32 Å². The van der Waals surface area contributed by atoms with Gasteiger partial charge in [-0.05, 0) is 45.7 Å². The van der Waals surface area contributed by atoms with Crippen molar-refractivity contribution in [1.82, 2.24) is 10.4 Å². The molecule has 0 aromatic heterocycles. The Balaban J connectivity index is 2.43. The van der Waals surface area contributed by atoms with Gasteiger partial charge in [0.2, 0.25) is 0 Å². The number of benzene rings is 1. The standard InChI is InChI=1S/C24H34N2O7/c1-24(2,3)32-23(30)25-17-11-6-5-7-12-18-26(20(27)15-16-21(28)31-4)33-22(29)19-13-9-8-10-14-19/h8-10,13-16H,5-7,11-12,17-18H2,1-4H3,(H,25,30)/b16-15+. The van der Waals surface area contributed by atoms with Gasteiger partial charge in [0.1, 0.15) is 5.60 Å². The number of nitrogens with zero attached hydrogens (tertiary/aromatic N) is 1. The van der Waals surface area contributed by atoms with Crippen molar-refractivity contribution in [3.63, 3.8) is 0 Å². The molecule has 0 spiro atoms. The van der Waals surface area contributed by atoms with Gasteiger partial charge in [-0.1, -0.05) is 37.5 Å². The molecule has 9 heteroatoms. The van der Waals surface area contributed by atoms with Crippen molar-refractivity contribution in [2.75, 3.05) is 20.2 Å². The predicted molar refractivity (Wildman–Crippen MR) is 122 cm³/mol. The Morgan fingerprint density at radius 2 is 1.58 bits per heavy atom. The molecular weight excluding hydrogens is 428 g/mol. The lowest BCUT2D eigenvalue weighted by Gasteiger charge is -2.20. The summed E-state index contributed by atoms with van der Waals surface area (Å²) in [6, 6.07) is 8.32. The van der Waals surface area contributed by atoms with E-state index in [0.29, 0.717) is 18.5 Å². The van der Waals surface area contributed by atoms with Gasteiger partial charge in [-0.25, -0.2) is 14.4 Å². The lowest BCUT2D eigenvalue weighted by atomic mass is 10.1. The van der Waals surface area contributed by atoms with Gasteiger partial charge in [0.15, 0.2) is 0 Å². The molecule has 2 amide bonds. The summed E-state index contributed by atoms with van der Waals surface area (Å²) in [6.45, 7) is 6.13. The number of ether oxygens (including phenoxy) is 2. The normalized spacial score (nSPS) is 11.0. The number of amides is 2. The maximum atomic E-state index is 12.4. The van der Waals surface area contributed by atoms with Crippen LogP contribution in [0.2, 0.25) is 0 Å². The Labute approximate surface area is 195 Å². The molecule has 0 radical (unpaired) electrons. The molecule has 1 N–H and O–H groups in total. The van der Waals surface area contributed by atoms with Crippen molar-refractivity contribution in [2.24, 2.45) is 0 Å². The van der Waals surface area contributed by atoms with E-state index in [1.54, 1.807) is 30.3 Å². The minimum absolute atomic E-state index is 0.180. The number of carbonyl (C=O) groups is 4. The Kier molecular flexibility index (Phi) is 12.3. The third-order valence-corrected chi connectivity index (χ3v) is 4.22. The van der Waals surface area contributed by atoms with Gasteiger partial charge in [-0.3, -0.25) is 4.79 Å². The first-order valence-corrected chi connectivity index (χ1v) is 10.9. The van der Waals surface area contributed by atoms with Crippen molar-refractivity contribution >= 4 is 23.9 Å². The second-order valence-electron chi connectivity index (χ2n) is 8.24. The summed E-state index contributed by atoms with van der Waals surface area (Å²) in [4.78, 5) is 52.8.